The number of hydrogen-bond donors (Lipinski definition) is 1. The highest BCUT2D eigenvalue weighted by atomic mass is 35.5. The van der Waals surface area contributed by atoms with Crippen molar-refractivity contribution in [1.29, 1.82) is 0 Å². The van der Waals surface area contributed by atoms with Gasteiger partial charge in [0.15, 0.2) is 0 Å². The molecule has 0 atom stereocenters. The van der Waals surface area contributed by atoms with E-state index >= 15 is 0 Å². The number of aromatic nitrogens is 1. The van der Waals surface area contributed by atoms with Crippen molar-refractivity contribution in [3.05, 3.63) is 52.8 Å². The molecule has 3 rings (SSSR count). The highest BCUT2D eigenvalue weighted by Crippen LogP contribution is 2.26. The molecule has 0 unspecified atom stereocenters. The van der Waals surface area contributed by atoms with Crippen LogP contribution in [0.1, 0.15) is 16.1 Å². The van der Waals surface area contributed by atoms with Gasteiger partial charge in [-0.15, -0.1) is 0 Å². The topological polar surface area (TPSA) is 65.5 Å². The molecule has 1 aromatic carbocycles. The highest BCUT2D eigenvalue weighted by molar-refractivity contribution is 6.31. The number of rotatable bonds is 4. The Morgan fingerprint density at radius 2 is 2.00 bits per heavy atom. The highest BCUT2D eigenvalue weighted by Gasteiger charge is 2.22. The van der Waals surface area contributed by atoms with Crippen LogP contribution in [-0.4, -0.2) is 53.3 Å². The number of carbonyl (C=O) groups excluding carboxylic acids is 2. The van der Waals surface area contributed by atoms with Gasteiger partial charge in [0.1, 0.15) is 5.69 Å². The van der Waals surface area contributed by atoms with Crippen molar-refractivity contribution in [2.24, 2.45) is 0 Å². The van der Waals surface area contributed by atoms with Crippen LogP contribution in [-0.2, 0) is 4.79 Å². The van der Waals surface area contributed by atoms with Gasteiger partial charge in [-0.1, -0.05) is 17.7 Å². The zero-order chi connectivity index (χ0) is 17.8. The van der Waals surface area contributed by atoms with E-state index in [0.29, 0.717) is 36.9 Å². The molecule has 1 saturated heterocycles. The summed E-state index contributed by atoms with van der Waals surface area (Å²) in [6.45, 7) is 4.07. The Balaban J connectivity index is 1.74. The van der Waals surface area contributed by atoms with Crippen molar-refractivity contribution in [2.45, 2.75) is 6.92 Å². The molecule has 1 fully saturated rings. The van der Waals surface area contributed by atoms with Gasteiger partial charge in [0.25, 0.3) is 5.91 Å². The zero-order valence-corrected chi connectivity index (χ0v) is 14.7. The first-order chi connectivity index (χ1) is 12.1. The van der Waals surface area contributed by atoms with Crippen molar-refractivity contribution in [3.63, 3.8) is 0 Å². The van der Waals surface area contributed by atoms with Crippen molar-refractivity contribution in [1.82, 2.24) is 14.8 Å². The molecule has 1 N–H and O–H groups in total. The van der Waals surface area contributed by atoms with Crippen molar-refractivity contribution in [3.8, 4) is 0 Å². The molecule has 0 saturated carbocycles. The number of piperazine rings is 1. The summed E-state index contributed by atoms with van der Waals surface area (Å²) in [5, 5.41) is 3.96. The van der Waals surface area contributed by atoms with E-state index < -0.39 is 0 Å². The molecule has 0 radical (unpaired) electrons. The molecule has 2 heterocycles. The zero-order valence-electron chi connectivity index (χ0n) is 13.9. The lowest BCUT2D eigenvalue weighted by Crippen LogP contribution is -2.48. The summed E-state index contributed by atoms with van der Waals surface area (Å²) in [5.74, 6) is -0.128. The van der Waals surface area contributed by atoms with Crippen molar-refractivity contribution >= 4 is 35.3 Å². The fourth-order valence-electron chi connectivity index (χ4n) is 2.72. The van der Waals surface area contributed by atoms with E-state index in [1.54, 1.807) is 28.1 Å². The summed E-state index contributed by atoms with van der Waals surface area (Å²) in [7, 11) is 0. The quantitative estimate of drug-likeness (QED) is 0.853. The number of amides is 2. The molecule has 2 amide bonds. The minimum absolute atomic E-state index is 0.128. The summed E-state index contributed by atoms with van der Waals surface area (Å²) < 4.78 is 0. The Morgan fingerprint density at radius 1 is 1.24 bits per heavy atom. The average Bonchev–Trinajstić information content (AvgIpc) is 2.65. The second kappa shape index (κ2) is 7.53. The number of halogens is 1. The summed E-state index contributed by atoms with van der Waals surface area (Å²) in [5.41, 5.74) is 2.98. The predicted octanol–water partition coefficient (Wildman–Crippen LogP) is 2.70. The van der Waals surface area contributed by atoms with Crippen LogP contribution in [0.5, 0.6) is 0 Å². The Morgan fingerprint density at radius 3 is 2.72 bits per heavy atom. The smallest absolute Gasteiger partial charge is 0.272 e. The number of hydrogen-bond acceptors (Lipinski definition) is 4. The molecule has 25 heavy (non-hydrogen) atoms. The monoisotopic (exact) mass is 358 g/mol. The fraction of sp³-hybridized carbons (Fsp3) is 0.278. The molecule has 0 spiro atoms. The number of carbonyl (C=O) groups is 2. The SMILES string of the molecule is Cc1c(Cl)cccc1Nc1ccnc(C(=O)N2CCN(C=O)CC2)c1. The summed E-state index contributed by atoms with van der Waals surface area (Å²) in [6, 6.07) is 9.18. The molecule has 0 bridgehead atoms. The lowest BCUT2D eigenvalue weighted by molar-refractivity contribution is -0.119. The molecule has 1 aliphatic rings. The Labute approximate surface area is 151 Å². The van der Waals surface area contributed by atoms with Gasteiger partial charge in [0, 0.05) is 48.8 Å². The summed E-state index contributed by atoms with van der Waals surface area (Å²) >= 11 is 6.15. The standard InChI is InChI=1S/C18H19ClN4O2/c1-13-15(19)3-2-4-16(13)21-14-5-6-20-17(11-14)18(25)23-9-7-22(12-24)8-10-23/h2-6,11-12H,7-10H2,1H3,(H,20,21). The molecule has 7 heteroatoms. The van der Waals surface area contributed by atoms with Crippen LogP contribution in [0.4, 0.5) is 11.4 Å². The van der Waals surface area contributed by atoms with Gasteiger partial charge in [0.2, 0.25) is 6.41 Å². The lowest BCUT2D eigenvalue weighted by Gasteiger charge is -2.32. The van der Waals surface area contributed by atoms with Gasteiger partial charge in [0.05, 0.1) is 0 Å². The number of nitrogens with one attached hydrogen (secondary N) is 1. The first kappa shape index (κ1) is 17.2. The van der Waals surface area contributed by atoms with Crippen molar-refractivity contribution in [2.75, 3.05) is 31.5 Å². The van der Waals surface area contributed by atoms with Gasteiger partial charge >= 0.3 is 0 Å². The average molecular weight is 359 g/mol. The van der Waals surface area contributed by atoms with Crippen LogP contribution in [0.25, 0.3) is 0 Å². The number of benzene rings is 1. The molecule has 130 valence electrons. The molecular weight excluding hydrogens is 340 g/mol. The van der Waals surface area contributed by atoms with E-state index in [4.69, 9.17) is 11.6 Å². The van der Waals surface area contributed by atoms with Crippen LogP contribution in [0, 0.1) is 6.92 Å². The van der Waals surface area contributed by atoms with Crippen LogP contribution in [0.15, 0.2) is 36.5 Å². The van der Waals surface area contributed by atoms with E-state index in [2.05, 4.69) is 10.3 Å². The second-order valence-corrected chi connectivity index (χ2v) is 6.31. The fourth-order valence-corrected chi connectivity index (χ4v) is 2.89. The minimum atomic E-state index is -0.128. The maximum absolute atomic E-state index is 12.6. The van der Waals surface area contributed by atoms with Gasteiger partial charge in [-0.25, -0.2) is 0 Å². The van der Waals surface area contributed by atoms with Gasteiger partial charge in [-0.3, -0.25) is 14.6 Å². The summed E-state index contributed by atoms with van der Waals surface area (Å²) in [4.78, 5) is 31.0. The van der Waals surface area contributed by atoms with Crippen molar-refractivity contribution < 1.29 is 9.59 Å². The van der Waals surface area contributed by atoms with Gasteiger partial charge in [-0.05, 0) is 36.8 Å². The Kier molecular flexibility index (Phi) is 5.19. The number of anilines is 2. The van der Waals surface area contributed by atoms with E-state index in [1.165, 1.54) is 0 Å². The maximum atomic E-state index is 12.6. The molecule has 2 aromatic rings. The molecule has 1 aliphatic heterocycles. The third-order valence-corrected chi connectivity index (χ3v) is 4.69. The third kappa shape index (κ3) is 3.91. The van der Waals surface area contributed by atoms with Crippen LogP contribution >= 0.6 is 11.6 Å². The molecule has 6 nitrogen and oxygen atoms in total. The largest absolute Gasteiger partial charge is 0.355 e. The van der Waals surface area contributed by atoms with E-state index in [9.17, 15) is 9.59 Å². The van der Waals surface area contributed by atoms with E-state index in [1.807, 2.05) is 25.1 Å². The third-order valence-electron chi connectivity index (χ3n) is 4.28. The molecular formula is C18H19ClN4O2. The number of pyridine rings is 1. The molecule has 0 aliphatic carbocycles. The maximum Gasteiger partial charge on any atom is 0.272 e. The molecule has 1 aromatic heterocycles. The Hall–Kier alpha value is -2.60. The normalized spacial score (nSPS) is 14.3. The predicted molar refractivity (Wildman–Crippen MR) is 97.2 cm³/mol. The lowest BCUT2D eigenvalue weighted by atomic mass is 10.2. The van der Waals surface area contributed by atoms with Gasteiger partial charge in [-0.2, -0.15) is 0 Å². The van der Waals surface area contributed by atoms with Gasteiger partial charge < -0.3 is 15.1 Å². The van der Waals surface area contributed by atoms with Crippen LogP contribution < -0.4 is 5.32 Å². The summed E-state index contributed by atoms with van der Waals surface area (Å²) in [6.07, 6.45) is 2.43. The number of nitrogens with zero attached hydrogens (tertiary/aromatic N) is 3. The van der Waals surface area contributed by atoms with E-state index in [-0.39, 0.29) is 5.91 Å². The Bertz CT molecular complexity index is 788. The van der Waals surface area contributed by atoms with E-state index in [0.717, 1.165) is 23.3 Å². The first-order valence-corrected chi connectivity index (χ1v) is 8.43. The second-order valence-electron chi connectivity index (χ2n) is 5.90. The van der Waals surface area contributed by atoms with Crippen LogP contribution in [0.3, 0.4) is 0 Å². The van der Waals surface area contributed by atoms with Crippen LogP contribution in [0.2, 0.25) is 5.02 Å². The minimum Gasteiger partial charge on any atom is -0.355 e. The first-order valence-electron chi connectivity index (χ1n) is 8.05.